The molecule has 3 nitrogen and oxygen atoms in total. The highest BCUT2D eigenvalue weighted by molar-refractivity contribution is 5.28. The maximum absolute atomic E-state index is 14.5. The van der Waals surface area contributed by atoms with E-state index in [9.17, 15) is 8.78 Å². The van der Waals surface area contributed by atoms with Gasteiger partial charge in [0.05, 0.1) is 32.5 Å². The summed E-state index contributed by atoms with van der Waals surface area (Å²) < 4.78 is 45.2. The highest BCUT2D eigenvalue weighted by Crippen LogP contribution is 2.31. The van der Waals surface area contributed by atoms with E-state index in [-0.39, 0.29) is 23.9 Å². The Balaban J connectivity index is 2.45. The zero-order chi connectivity index (χ0) is 21.1. The quantitative estimate of drug-likeness (QED) is 0.220. The predicted molar refractivity (Wildman–Crippen MR) is 110 cm³/mol. The van der Waals surface area contributed by atoms with Gasteiger partial charge in [-0.25, -0.2) is 8.78 Å². The molecule has 0 bridgehead atoms. The summed E-state index contributed by atoms with van der Waals surface area (Å²) in [5.41, 5.74) is 0.492. The monoisotopic (exact) mass is 400 g/mol. The van der Waals surface area contributed by atoms with Crippen molar-refractivity contribution in [2.75, 3.05) is 20.3 Å². The Bertz CT molecular complexity index is 546. The van der Waals surface area contributed by atoms with Crippen molar-refractivity contribution in [3.8, 4) is 0 Å². The molecular formula is C23H38F2O3. The third-order valence-corrected chi connectivity index (χ3v) is 5.51. The molecule has 28 heavy (non-hydrogen) atoms. The average Bonchev–Trinajstić information content (AvgIpc) is 2.71. The summed E-state index contributed by atoms with van der Waals surface area (Å²) >= 11 is 0. The van der Waals surface area contributed by atoms with E-state index in [4.69, 9.17) is 14.2 Å². The van der Waals surface area contributed by atoms with Crippen LogP contribution in [0.1, 0.15) is 66.7 Å². The first-order valence-corrected chi connectivity index (χ1v) is 10.5. The SMILES string of the molecule is C/C=C/C1CCC(COC(C)CCC(C)/C(CC)=C(F)/C(F)=C(\C)OC)OC1. The minimum atomic E-state index is -0.902. The van der Waals surface area contributed by atoms with Gasteiger partial charge in [-0.05, 0) is 64.4 Å². The van der Waals surface area contributed by atoms with Crippen LogP contribution in [0, 0.1) is 11.8 Å². The van der Waals surface area contributed by atoms with Crippen LogP contribution in [0.4, 0.5) is 8.78 Å². The van der Waals surface area contributed by atoms with Gasteiger partial charge < -0.3 is 14.2 Å². The summed E-state index contributed by atoms with van der Waals surface area (Å²) in [6.45, 7) is 10.6. The molecule has 4 atom stereocenters. The van der Waals surface area contributed by atoms with E-state index in [1.807, 2.05) is 27.7 Å². The van der Waals surface area contributed by atoms with Gasteiger partial charge in [0.15, 0.2) is 11.7 Å². The summed E-state index contributed by atoms with van der Waals surface area (Å²) in [5, 5.41) is 0. The fourth-order valence-corrected chi connectivity index (χ4v) is 3.50. The van der Waals surface area contributed by atoms with E-state index in [2.05, 4.69) is 12.2 Å². The molecule has 5 heteroatoms. The molecule has 1 fully saturated rings. The van der Waals surface area contributed by atoms with Crippen LogP contribution in [0.15, 0.2) is 35.1 Å². The van der Waals surface area contributed by atoms with Crippen molar-refractivity contribution in [3.63, 3.8) is 0 Å². The van der Waals surface area contributed by atoms with Crippen LogP contribution in [-0.2, 0) is 14.2 Å². The number of rotatable bonds is 11. The van der Waals surface area contributed by atoms with Gasteiger partial charge in [0.2, 0.25) is 0 Å². The second-order valence-electron chi connectivity index (χ2n) is 7.71. The Morgan fingerprint density at radius 3 is 2.43 bits per heavy atom. The second-order valence-corrected chi connectivity index (χ2v) is 7.71. The van der Waals surface area contributed by atoms with Crippen LogP contribution in [0.2, 0.25) is 0 Å². The van der Waals surface area contributed by atoms with Crippen molar-refractivity contribution >= 4 is 0 Å². The van der Waals surface area contributed by atoms with Gasteiger partial charge >= 0.3 is 0 Å². The lowest BCUT2D eigenvalue weighted by Gasteiger charge is -2.28. The van der Waals surface area contributed by atoms with Crippen molar-refractivity contribution in [3.05, 3.63) is 35.1 Å². The number of halogens is 2. The van der Waals surface area contributed by atoms with E-state index in [1.54, 1.807) is 0 Å². The van der Waals surface area contributed by atoms with Gasteiger partial charge in [0.1, 0.15) is 5.76 Å². The van der Waals surface area contributed by atoms with Crippen LogP contribution >= 0.6 is 0 Å². The third-order valence-electron chi connectivity index (χ3n) is 5.51. The second kappa shape index (κ2) is 13.1. The van der Waals surface area contributed by atoms with E-state index >= 15 is 0 Å². The Labute approximate surface area is 169 Å². The lowest BCUT2D eigenvalue weighted by Crippen LogP contribution is -2.30. The Morgan fingerprint density at radius 2 is 1.89 bits per heavy atom. The maximum atomic E-state index is 14.5. The zero-order valence-corrected chi connectivity index (χ0v) is 18.4. The van der Waals surface area contributed by atoms with Gasteiger partial charge in [-0.15, -0.1) is 0 Å². The lowest BCUT2D eigenvalue weighted by atomic mass is 9.92. The number of hydrogen-bond donors (Lipinski definition) is 0. The molecule has 0 aromatic rings. The van der Waals surface area contributed by atoms with E-state index in [0.717, 1.165) is 32.3 Å². The first-order valence-electron chi connectivity index (χ1n) is 10.5. The van der Waals surface area contributed by atoms with Crippen molar-refractivity contribution in [1.29, 1.82) is 0 Å². The fourth-order valence-electron chi connectivity index (χ4n) is 3.50. The minimum Gasteiger partial charge on any atom is -0.498 e. The van der Waals surface area contributed by atoms with Crippen LogP contribution < -0.4 is 0 Å². The highest BCUT2D eigenvalue weighted by Gasteiger charge is 2.22. The molecule has 1 aliphatic rings. The minimum absolute atomic E-state index is 0.0310. The first kappa shape index (κ1) is 24.8. The van der Waals surface area contributed by atoms with Crippen molar-refractivity contribution in [2.24, 2.45) is 11.8 Å². The molecule has 0 radical (unpaired) electrons. The summed E-state index contributed by atoms with van der Waals surface area (Å²) in [4.78, 5) is 0. The largest absolute Gasteiger partial charge is 0.498 e. The molecule has 1 rings (SSSR count). The molecule has 162 valence electrons. The molecule has 0 aromatic heterocycles. The molecule has 1 heterocycles. The standard InChI is InChI=1S/C23H38F2O3/c1-7-9-19-12-13-20(28-14-19)15-27-17(4)11-10-16(3)21(8-2)23(25)22(24)18(5)26-6/h7,9,16-17,19-20H,8,10-15H2,1-6H3/b9-7+,22-18-,23-21-. The number of allylic oxidation sites excluding steroid dienone is 5. The Hall–Kier alpha value is -1.20. The van der Waals surface area contributed by atoms with Crippen molar-refractivity contribution in [1.82, 2.24) is 0 Å². The van der Waals surface area contributed by atoms with E-state index in [1.165, 1.54) is 14.0 Å². The fraction of sp³-hybridized carbons (Fsp3) is 0.739. The molecule has 1 saturated heterocycles. The van der Waals surface area contributed by atoms with Crippen LogP contribution in [0.5, 0.6) is 0 Å². The molecule has 4 unspecified atom stereocenters. The summed E-state index contributed by atoms with van der Waals surface area (Å²) in [7, 11) is 1.34. The number of hydrogen-bond acceptors (Lipinski definition) is 3. The normalized spacial score (nSPS) is 24.6. The molecule has 0 saturated carbocycles. The van der Waals surface area contributed by atoms with Gasteiger partial charge in [0.25, 0.3) is 0 Å². The van der Waals surface area contributed by atoms with E-state index < -0.39 is 11.7 Å². The Morgan fingerprint density at radius 1 is 1.18 bits per heavy atom. The topological polar surface area (TPSA) is 27.7 Å². The van der Waals surface area contributed by atoms with Crippen LogP contribution in [0.3, 0.4) is 0 Å². The summed E-state index contributed by atoms with van der Waals surface area (Å²) in [6, 6.07) is 0. The van der Waals surface area contributed by atoms with Gasteiger partial charge in [0, 0.05) is 5.92 Å². The Kier molecular flexibility index (Phi) is 11.6. The summed E-state index contributed by atoms with van der Waals surface area (Å²) in [6.07, 6.45) is 8.63. The zero-order valence-electron chi connectivity index (χ0n) is 18.4. The molecular weight excluding hydrogens is 362 g/mol. The van der Waals surface area contributed by atoms with Crippen LogP contribution in [0.25, 0.3) is 0 Å². The van der Waals surface area contributed by atoms with E-state index in [0.29, 0.717) is 24.5 Å². The molecule has 0 amide bonds. The first-order chi connectivity index (χ1) is 13.3. The van der Waals surface area contributed by atoms with Crippen molar-refractivity contribution < 1.29 is 23.0 Å². The highest BCUT2D eigenvalue weighted by atomic mass is 19.2. The smallest absolute Gasteiger partial charge is 0.195 e. The molecule has 0 N–H and O–H groups in total. The number of methoxy groups -OCH3 is 1. The van der Waals surface area contributed by atoms with Gasteiger partial charge in [-0.1, -0.05) is 26.0 Å². The number of ether oxygens (including phenoxy) is 3. The lowest BCUT2D eigenvalue weighted by molar-refractivity contribution is -0.0709. The maximum Gasteiger partial charge on any atom is 0.195 e. The predicted octanol–water partition coefficient (Wildman–Crippen LogP) is 6.66. The molecule has 1 aliphatic heterocycles. The average molecular weight is 401 g/mol. The molecule has 0 aliphatic carbocycles. The summed E-state index contributed by atoms with van der Waals surface area (Å²) in [5.74, 6) is -1.25. The van der Waals surface area contributed by atoms with Crippen LogP contribution in [-0.4, -0.2) is 32.5 Å². The van der Waals surface area contributed by atoms with Gasteiger partial charge in [-0.3, -0.25) is 0 Å². The van der Waals surface area contributed by atoms with Crippen molar-refractivity contribution in [2.45, 2.75) is 78.9 Å². The van der Waals surface area contributed by atoms with Gasteiger partial charge in [-0.2, -0.15) is 0 Å². The molecule has 0 aromatic carbocycles. The molecule has 0 spiro atoms. The third kappa shape index (κ3) is 8.04.